The molecule has 1 aliphatic rings. The van der Waals surface area contributed by atoms with Gasteiger partial charge in [-0.15, -0.1) is 0 Å². The number of benzene rings is 2. The van der Waals surface area contributed by atoms with Gasteiger partial charge >= 0.3 is 0 Å². The third-order valence-corrected chi connectivity index (χ3v) is 5.45. The van der Waals surface area contributed by atoms with Crippen LogP contribution < -0.4 is 4.74 Å². The van der Waals surface area contributed by atoms with Crippen LogP contribution in [0.4, 0.5) is 0 Å². The van der Waals surface area contributed by atoms with Crippen LogP contribution in [0.3, 0.4) is 0 Å². The van der Waals surface area contributed by atoms with Crippen LogP contribution in [0.2, 0.25) is 5.02 Å². The summed E-state index contributed by atoms with van der Waals surface area (Å²) >= 11 is 6.28. The van der Waals surface area contributed by atoms with E-state index >= 15 is 0 Å². The van der Waals surface area contributed by atoms with Gasteiger partial charge < -0.3 is 19.5 Å². The number of ketones is 1. The predicted molar refractivity (Wildman–Crippen MR) is 124 cm³/mol. The molecule has 1 atom stereocenters. The first kappa shape index (κ1) is 23.8. The van der Waals surface area contributed by atoms with Gasteiger partial charge in [0.15, 0.2) is 0 Å². The molecule has 2 aromatic carbocycles. The molecule has 0 bridgehead atoms. The van der Waals surface area contributed by atoms with Crippen LogP contribution in [0.25, 0.3) is 5.76 Å². The first-order chi connectivity index (χ1) is 15.3. The molecule has 0 aromatic heterocycles. The minimum Gasteiger partial charge on any atom is -0.507 e. The van der Waals surface area contributed by atoms with E-state index in [1.807, 2.05) is 51.1 Å². The highest BCUT2D eigenvalue weighted by Gasteiger charge is 2.45. The summed E-state index contributed by atoms with van der Waals surface area (Å²) in [7, 11) is 0. The van der Waals surface area contributed by atoms with Crippen molar-refractivity contribution in [3.8, 4) is 5.75 Å². The molecule has 1 N–H and O–H groups in total. The smallest absolute Gasteiger partial charge is 0.295 e. The van der Waals surface area contributed by atoms with Gasteiger partial charge in [-0.2, -0.15) is 0 Å². The molecule has 1 fully saturated rings. The van der Waals surface area contributed by atoms with Crippen LogP contribution in [0.15, 0.2) is 54.1 Å². The number of likely N-dealkylation sites (tertiary alicyclic amines) is 1. The number of hydrogen-bond acceptors (Lipinski definition) is 5. The number of rotatable bonds is 9. The maximum atomic E-state index is 13.0. The number of aliphatic hydroxyl groups excluding tert-OH is 1. The SMILES string of the molecule is CCOc1ccc(C(O)=C2C(=O)C(=O)N(CCCOC(C)C)[C@H]2c2ccccc2)cc1Cl. The summed E-state index contributed by atoms with van der Waals surface area (Å²) in [5.74, 6) is -1.13. The Hall–Kier alpha value is -2.83. The Labute approximate surface area is 193 Å². The van der Waals surface area contributed by atoms with Gasteiger partial charge in [-0.3, -0.25) is 9.59 Å². The highest BCUT2D eigenvalue weighted by molar-refractivity contribution is 6.46. The van der Waals surface area contributed by atoms with Gasteiger partial charge in [0, 0.05) is 18.7 Å². The van der Waals surface area contributed by atoms with E-state index in [4.69, 9.17) is 21.1 Å². The van der Waals surface area contributed by atoms with Crippen molar-refractivity contribution in [2.24, 2.45) is 0 Å². The Balaban J connectivity index is 2.01. The van der Waals surface area contributed by atoms with Gasteiger partial charge in [-0.1, -0.05) is 41.9 Å². The molecule has 0 unspecified atom stereocenters. The summed E-state index contributed by atoms with van der Waals surface area (Å²) in [6, 6.07) is 13.3. The number of carbonyl (C=O) groups excluding carboxylic acids is 2. The first-order valence-electron chi connectivity index (χ1n) is 10.7. The third-order valence-electron chi connectivity index (χ3n) is 5.15. The first-order valence-corrected chi connectivity index (χ1v) is 11.1. The lowest BCUT2D eigenvalue weighted by Crippen LogP contribution is -2.31. The lowest BCUT2D eigenvalue weighted by atomic mass is 9.95. The zero-order chi connectivity index (χ0) is 23.3. The standard InChI is InChI=1S/C25H28ClNO5/c1-4-31-20-12-11-18(15-19(20)26)23(28)21-22(17-9-6-5-7-10-17)27(25(30)24(21)29)13-8-14-32-16(2)3/h5-7,9-12,15-16,22,28H,4,8,13-14H2,1-3H3/t22-/m0/s1. The highest BCUT2D eigenvalue weighted by atomic mass is 35.5. The molecule has 32 heavy (non-hydrogen) atoms. The van der Waals surface area contributed by atoms with Crippen LogP contribution >= 0.6 is 11.6 Å². The molecule has 1 heterocycles. The average molecular weight is 458 g/mol. The molecule has 0 radical (unpaired) electrons. The number of hydrogen-bond donors (Lipinski definition) is 1. The summed E-state index contributed by atoms with van der Waals surface area (Å²) in [5.41, 5.74) is 1.14. The third kappa shape index (κ3) is 5.14. The van der Waals surface area contributed by atoms with Gasteiger partial charge in [0.05, 0.1) is 29.3 Å². The molecule has 0 saturated carbocycles. The van der Waals surface area contributed by atoms with Crippen molar-refractivity contribution < 1.29 is 24.2 Å². The molecular formula is C25H28ClNO5. The number of amides is 1. The van der Waals surface area contributed by atoms with Crippen molar-refractivity contribution >= 4 is 29.1 Å². The van der Waals surface area contributed by atoms with Crippen molar-refractivity contribution in [3.63, 3.8) is 0 Å². The summed E-state index contributed by atoms with van der Waals surface area (Å²) < 4.78 is 11.0. The fraction of sp³-hybridized carbons (Fsp3) is 0.360. The largest absolute Gasteiger partial charge is 0.507 e. The zero-order valence-corrected chi connectivity index (χ0v) is 19.3. The van der Waals surface area contributed by atoms with E-state index in [-0.39, 0.29) is 17.4 Å². The molecule has 1 saturated heterocycles. The maximum absolute atomic E-state index is 13.0. The van der Waals surface area contributed by atoms with E-state index in [0.717, 1.165) is 5.56 Å². The number of ether oxygens (including phenoxy) is 2. The van der Waals surface area contributed by atoms with Crippen LogP contribution in [0.1, 0.15) is 44.4 Å². The molecular weight excluding hydrogens is 430 g/mol. The molecule has 170 valence electrons. The second-order valence-electron chi connectivity index (χ2n) is 7.75. The molecule has 0 aliphatic carbocycles. The van der Waals surface area contributed by atoms with Gasteiger partial charge in [-0.25, -0.2) is 0 Å². The highest BCUT2D eigenvalue weighted by Crippen LogP contribution is 2.40. The summed E-state index contributed by atoms with van der Waals surface area (Å²) in [5, 5.41) is 11.4. The van der Waals surface area contributed by atoms with Crippen molar-refractivity contribution in [2.75, 3.05) is 19.8 Å². The van der Waals surface area contributed by atoms with E-state index in [1.54, 1.807) is 12.1 Å². The number of nitrogens with zero attached hydrogens (tertiary/aromatic N) is 1. The van der Waals surface area contributed by atoms with Crippen LogP contribution in [0.5, 0.6) is 5.75 Å². The van der Waals surface area contributed by atoms with E-state index in [2.05, 4.69) is 0 Å². The second-order valence-corrected chi connectivity index (χ2v) is 8.16. The minimum atomic E-state index is -0.717. The Morgan fingerprint density at radius 1 is 1.16 bits per heavy atom. The average Bonchev–Trinajstić information content (AvgIpc) is 3.03. The van der Waals surface area contributed by atoms with Gasteiger partial charge in [-0.05, 0) is 51.0 Å². The molecule has 2 aromatic rings. The topological polar surface area (TPSA) is 76.1 Å². The quantitative estimate of drug-likeness (QED) is 0.249. The van der Waals surface area contributed by atoms with Gasteiger partial charge in [0.1, 0.15) is 11.5 Å². The van der Waals surface area contributed by atoms with Crippen LogP contribution in [-0.2, 0) is 14.3 Å². The Morgan fingerprint density at radius 3 is 2.50 bits per heavy atom. The number of halogens is 1. The fourth-order valence-electron chi connectivity index (χ4n) is 3.72. The summed E-state index contributed by atoms with van der Waals surface area (Å²) in [4.78, 5) is 27.4. The van der Waals surface area contributed by atoms with Crippen LogP contribution in [0, 0.1) is 0 Å². The predicted octanol–water partition coefficient (Wildman–Crippen LogP) is 4.98. The summed E-state index contributed by atoms with van der Waals surface area (Å²) in [6.45, 7) is 6.98. The fourth-order valence-corrected chi connectivity index (χ4v) is 3.96. The van der Waals surface area contributed by atoms with Crippen molar-refractivity contribution in [2.45, 2.75) is 39.3 Å². The van der Waals surface area contributed by atoms with Crippen molar-refractivity contribution in [1.82, 2.24) is 4.90 Å². The zero-order valence-electron chi connectivity index (χ0n) is 18.5. The van der Waals surface area contributed by atoms with Gasteiger partial charge in [0.2, 0.25) is 0 Å². The van der Waals surface area contributed by atoms with E-state index in [0.29, 0.717) is 42.5 Å². The van der Waals surface area contributed by atoms with Crippen LogP contribution in [-0.4, -0.2) is 47.6 Å². The molecule has 6 nitrogen and oxygen atoms in total. The van der Waals surface area contributed by atoms with E-state index in [9.17, 15) is 14.7 Å². The molecule has 3 rings (SSSR count). The van der Waals surface area contributed by atoms with Gasteiger partial charge in [0.25, 0.3) is 11.7 Å². The minimum absolute atomic E-state index is 0.0474. The lowest BCUT2D eigenvalue weighted by molar-refractivity contribution is -0.140. The lowest BCUT2D eigenvalue weighted by Gasteiger charge is -2.25. The van der Waals surface area contributed by atoms with E-state index < -0.39 is 17.7 Å². The maximum Gasteiger partial charge on any atom is 0.295 e. The Kier molecular flexibility index (Phi) is 7.94. The Morgan fingerprint density at radius 2 is 1.88 bits per heavy atom. The molecule has 0 spiro atoms. The molecule has 1 aliphatic heterocycles. The number of Topliss-reactive ketones (excluding diaryl/α,β-unsaturated/α-hetero) is 1. The summed E-state index contributed by atoms with van der Waals surface area (Å²) in [6.07, 6.45) is 0.656. The number of carbonyl (C=O) groups is 2. The van der Waals surface area contributed by atoms with E-state index in [1.165, 1.54) is 11.0 Å². The molecule has 1 amide bonds. The Bertz CT molecular complexity index is 1000. The van der Waals surface area contributed by atoms with Crippen molar-refractivity contribution in [1.29, 1.82) is 0 Å². The normalized spacial score (nSPS) is 17.9. The van der Waals surface area contributed by atoms with Crippen molar-refractivity contribution in [3.05, 3.63) is 70.3 Å². The second kappa shape index (κ2) is 10.7. The number of aliphatic hydroxyl groups is 1. The monoisotopic (exact) mass is 457 g/mol. The molecule has 7 heteroatoms.